The quantitative estimate of drug-likeness (QED) is 0.750. The van der Waals surface area contributed by atoms with Gasteiger partial charge in [0.2, 0.25) is 0 Å². The lowest BCUT2D eigenvalue weighted by atomic mass is 10.1. The van der Waals surface area contributed by atoms with Gasteiger partial charge in [0, 0.05) is 24.3 Å². The number of fused-ring (bicyclic) bond motifs is 1. The van der Waals surface area contributed by atoms with Crippen molar-refractivity contribution in [2.24, 2.45) is 11.5 Å². The number of nitrogens with two attached hydrogens (primary N) is 2. The van der Waals surface area contributed by atoms with Gasteiger partial charge in [0.1, 0.15) is 5.69 Å². The molecule has 0 unspecified atom stereocenters. The molecule has 0 bridgehead atoms. The van der Waals surface area contributed by atoms with Crippen molar-refractivity contribution in [3.8, 4) is 0 Å². The van der Waals surface area contributed by atoms with Crippen molar-refractivity contribution >= 4 is 34.3 Å². The highest BCUT2D eigenvalue weighted by atomic mass is 35.5. The van der Waals surface area contributed by atoms with E-state index in [1.54, 1.807) is 12.3 Å². The van der Waals surface area contributed by atoms with Crippen LogP contribution in [0.1, 0.15) is 26.7 Å². The van der Waals surface area contributed by atoms with Crippen LogP contribution in [0.15, 0.2) is 36.7 Å². The van der Waals surface area contributed by atoms with Crippen LogP contribution in [0.4, 0.5) is 0 Å². The largest absolute Gasteiger partial charge is 0.364 e. The summed E-state index contributed by atoms with van der Waals surface area (Å²) in [4.78, 5) is 30.8. The van der Waals surface area contributed by atoms with Gasteiger partial charge in [-0.1, -0.05) is 17.7 Å². The fourth-order valence-electron chi connectivity index (χ4n) is 2.30. The molecule has 0 aliphatic rings. The highest BCUT2D eigenvalue weighted by molar-refractivity contribution is 6.31. The van der Waals surface area contributed by atoms with E-state index < -0.39 is 11.8 Å². The summed E-state index contributed by atoms with van der Waals surface area (Å²) in [7, 11) is 0. The van der Waals surface area contributed by atoms with Gasteiger partial charge in [-0.25, -0.2) is 4.98 Å². The number of amides is 2. The first-order valence-electron chi connectivity index (χ1n) is 6.65. The summed E-state index contributed by atoms with van der Waals surface area (Å²) in [5, 5.41) is 1.40. The van der Waals surface area contributed by atoms with E-state index in [9.17, 15) is 9.59 Å². The van der Waals surface area contributed by atoms with E-state index in [-0.39, 0.29) is 11.5 Å². The van der Waals surface area contributed by atoms with E-state index >= 15 is 0 Å². The van der Waals surface area contributed by atoms with Crippen LogP contribution in [-0.4, -0.2) is 26.3 Å². The van der Waals surface area contributed by atoms with Gasteiger partial charge in [-0.3, -0.25) is 14.6 Å². The molecule has 8 heteroatoms. The molecule has 1 aromatic carbocycles. The summed E-state index contributed by atoms with van der Waals surface area (Å²) in [5.41, 5.74) is 12.1. The van der Waals surface area contributed by atoms with Gasteiger partial charge in [0.25, 0.3) is 11.8 Å². The SMILES string of the molecule is NC(=O)c1cn(Cc2ccc3ncc(Cl)cc3c2)c(C(N)=O)n1. The van der Waals surface area contributed by atoms with Crippen molar-refractivity contribution < 1.29 is 9.59 Å². The molecule has 3 rings (SSSR count). The third-order valence-corrected chi connectivity index (χ3v) is 3.52. The van der Waals surface area contributed by atoms with Crippen LogP contribution in [0.25, 0.3) is 10.9 Å². The zero-order valence-corrected chi connectivity index (χ0v) is 12.6. The Kier molecular flexibility index (Phi) is 3.71. The first kappa shape index (κ1) is 15.0. The number of rotatable bonds is 4. The van der Waals surface area contributed by atoms with E-state index in [0.717, 1.165) is 16.5 Å². The predicted molar refractivity (Wildman–Crippen MR) is 85.1 cm³/mol. The van der Waals surface area contributed by atoms with E-state index in [1.807, 2.05) is 18.2 Å². The average molecular weight is 330 g/mol. The second-order valence-electron chi connectivity index (χ2n) is 4.99. The van der Waals surface area contributed by atoms with Crippen molar-refractivity contribution in [3.05, 3.63) is 58.8 Å². The van der Waals surface area contributed by atoms with Crippen molar-refractivity contribution in [3.63, 3.8) is 0 Å². The molecule has 0 atom stereocenters. The van der Waals surface area contributed by atoms with E-state index in [2.05, 4.69) is 9.97 Å². The van der Waals surface area contributed by atoms with Crippen LogP contribution in [0, 0.1) is 0 Å². The molecular formula is C15H12ClN5O2. The van der Waals surface area contributed by atoms with Crippen molar-refractivity contribution in [1.82, 2.24) is 14.5 Å². The Morgan fingerprint density at radius 1 is 1.17 bits per heavy atom. The molecule has 0 radical (unpaired) electrons. The lowest BCUT2D eigenvalue weighted by Crippen LogP contribution is -2.18. The topological polar surface area (TPSA) is 117 Å². The molecule has 0 saturated carbocycles. The zero-order valence-electron chi connectivity index (χ0n) is 11.9. The predicted octanol–water partition coefficient (Wildman–Crippen LogP) is 1.33. The molecule has 2 heterocycles. The van der Waals surface area contributed by atoms with Crippen LogP contribution in [0.2, 0.25) is 5.02 Å². The Morgan fingerprint density at radius 2 is 1.96 bits per heavy atom. The van der Waals surface area contributed by atoms with Crippen LogP contribution >= 0.6 is 11.6 Å². The molecule has 7 nitrogen and oxygen atoms in total. The summed E-state index contributed by atoms with van der Waals surface area (Å²) >= 11 is 5.95. The number of hydrogen-bond acceptors (Lipinski definition) is 4. The monoisotopic (exact) mass is 329 g/mol. The molecular weight excluding hydrogens is 318 g/mol. The molecule has 0 fully saturated rings. The first-order valence-corrected chi connectivity index (χ1v) is 7.03. The lowest BCUT2D eigenvalue weighted by Gasteiger charge is -2.07. The molecule has 0 spiro atoms. The Balaban J connectivity index is 2.01. The van der Waals surface area contributed by atoms with Gasteiger partial charge in [-0.2, -0.15) is 0 Å². The number of aromatic nitrogens is 3. The maximum Gasteiger partial charge on any atom is 0.284 e. The second kappa shape index (κ2) is 5.69. The van der Waals surface area contributed by atoms with Gasteiger partial charge in [0.05, 0.1) is 10.5 Å². The third kappa shape index (κ3) is 3.00. The molecule has 3 aromatic rings. The Labute approximate surface area is 135 Å². The first-order chi connectivity index (χ1) is 10.9. The normalized spacial score (nSPS) is 10.8. The molecule has 2 aromatic heterocycles. The van der Waals surface area contributed by atoms with Gasteiger partial charge in [-0.05, 0) is 23.8 Å². The van der Waals surface area contributed by atoms with Crippen LogP contribution in [-0.2, 0) is 6.54 Å². The molecule has 23 heavy (non-hydrogen) atoms. The number of pyridine rings is 1. The smallest absolute Gasteiger partial charge is 0.284 e. The number of primary amides is 2. The third-order valence-electron chi connectivity index (χ3n) is 3.31. The van der Waals surface area contributed by atoms with E-state index in [4.69, 9.17) is 23.1 Å². The molecule has 0 aliphatic carbocycles. The lowest BCUT2D eigenvalue weighted by molar-refractivity contribution is 0.0987. The Hall–Kier alpha value is -2.93. The van der Waals surface area contributed by atoms with Crippen molar-refractivity contribution in [1.29, 1.82) is 0 Å². The summed E-state index contributed by atoms with van der Waals surface area (Å²) in [6, 6.07) is 7.39. The minimum absolute atomic E-state index is 0.00991. The average Bonchev–Trinajstić information content (AvgIpc) is 2.91. The van der Waals surface area contributed by atoms with E-state index in [1.165, 1.54) is 10.8 Å². The van der Waals surface area contributed by atoms with Gasteiger partial charge >= 0.3 is 0 Å². The molecule has 2 amide bonds. The van der Waals surface area contributed by atoms with Crippen LogP contribution in [0.3, 0.4) is 0 Å². The number of carbonyl (C=O) groups is 2. The summed E-state index contributed by atoms with van der Waals surface area (Å²) in [6.07, 6.45) is 2.98. The maximum atomic E-state index is 11.5. The van der Waals surface area contributed by atoms with Gasteiger partial charge in [-0.15, -0.1) is 0 Å². The fourth-order valence-corrected chi connectivity index (χ4v) is 2.47. The standard InChI is InChI=1S/C15H12ClN5O2/c16-10-4-9-3-8(1-2-11(9)19-5-10)6-21-7-12(13(17)22)20-15(21)14(18)23/h1-5,7H,6H2,(H2,17,22)(H2,18,23). The minimum Gasteiger partial charge on any atom is -0.364 e. The Morgan fingerprint density at radius 3 is 2.65 bits per heavy atom. The summed E-state index contributed by atoms with van der Waals surface area (Å²) in [6.45, 7) is 0.307. The summed E-state index contributed by atoms with van der Waals surface area (Å²) in [5.74, 6) is -1.48. The van der Waals surface area contributed by atoms with E-state index in [0.29, 0.717) is 11.6 Å². The fraction of sp³-hybridized carbons (Fsp3) is 0.0667. The molecule has 116 valence electrons. The molecule has 0 aliphatic heterocycles. The summed E-state index contributed by atoms with van der Waals surface area (Å²) < 4.78 is 1.49. The van der Waals surface area contributed by atoms with Crippen LogP contribution < -0.4 is 11.5 Å². The zero-order chi connectivity index (χ0) is 16.6. The number of hydrogen-bond donors (Lipinski definition) is 2. The molecule has 4 N–H and O–H groups in total. The number of carbonyl (C=O) groups excluding carboxylic acids is 2. The van der Waals surface area contributed by atoms with Crippen molar-refractivity contribution in [2.75, 3.05) is 0 Å². The minimum atomic E-state index is -0.733. The maximum absolute atomic E-state index is 11.5. The molecule has 0 saturated heterocycles. The number of halogens is 1. The second-order valence-corrected chi connectivity index (χ2v) is 5.42. The highest BCUT2D eigenvalue weighted by Crippen LogP contribution is 2.19. The van der Waals surface area contributed by atoms with Crippen LogP contribution in [0.5, 0.6) is 0 Å². The van der Waals surface area contributed by atoms with Gasteiger partial charge in [0.15, 0.2) is 5.82 Å². The number of benzene rings is 1. The Bertz CT molecular complexity index is 935. The number of imidazole rings is 1. The van der Waals surface area contributed by atoms with Crippen molar-refractivity contribution in [2.45, 2.75) is 6.54 Å². The van der Waals surface area contributed by atoms with Gasteiger partial charge < -0.3 is 16.0 Å². The highest BCUT2D eigenvalue weighted by Gasteiger charge is 2.16. The number of nitrogens with zero attached hydrogens (tertiary/aromatic N) is 3.